The van der Waals surface area contributed by atoms with Gasteiger partial charge in [-0.15, -0.1) is 0 Å². The van der Waals surface area contributed by atoms with Crippen LogP contribution in [-0.4, -0.2) is 36.2 Å². The Bertz CT molecular complexity index is 658. The standard InChI is InChI=1S/C14H19NO5S/c1-9(12(16)15-14(2,3)4)21(19,20)11-7-5-6-10(8-11)13(17)18/h5-9H,1-4H3,(H,15,16)(H,17,18). The van der Waals surface area contributed by atoms with E-state index in [1.165, 1.54) is 25.1 Å². The molecule has 1 atom stereocenters. The van der Waals surface area contributed by atoms with E-state index in [1.807, 2.05) is 0 Å². The van der Waals surface area contributed by atoms with E-state index in [2.05, 4.69) is 5.32 Å². The van der Waals surface area contributed by atoms with Crippen molar-refractivity contribution in [1.29, 1.82) is 0 Å². The van der Waals surface area contributed by atoms with Crippen LogP contribution in [0.4, 0.5) is 0 Å². The van der Waals surface area contributed by atoms with Gasteiger partial charge in [-0.1, -0.05) is 6.07 Å². The zero-order valence-corrected chi connectivity index (χ0v) is 13.2. The molecule has 0 aliphatic rings. The molecule has 2 N–H and O–H groups in total. The van der Waals surface area contributed by atoms with Gasteiger partial charge in [-0.25, -0.2) is 13.2 Å². The molecule has 1 aromatic carbocycles. The first-order chi connectivity index (χ1) is 9.45. The summed E-state index contributed by atoms with van der Waals surface area (Å²) in [5.41, 5.74) is -0.691. The van der Waals surface area contributed by atoms with Gasteiger partial charge in [0.25, 0.3) is 0 Å². The van der Waals surface area contributed by atoms with Crippen molar-refractivity contribution in [3.05, 3.63) is 29.8 Å². The van der Waals surface area contributed by atoms with Gasteiger partial charge in [0.1, 0.15) is 5.25 Å². The molecule has 0 aliphatic heterocycles. The number of rotatable bonds is 4. The summed E-state index contributed by atoms with van der Waals surface area (Å²) in [6, 6.07) is 4.97. The van der Waals surface area contributed by atoms with Crippen LogP contribution in [0, 0.1) is 0 Å². The first kappa shape index (κ1) is 17.2. The molecule has 1 rings (SSSR count). The minimum absolute atomic E-state index is 0.139. The van der Waals surface area contributed by atoms with Crippen LogP contribution in [0.2, 0.25) is 0 Å². The summed E-state index contributed by atoms with van der Waals surface area (Å²) in [6.07, 6.45) is 0. The van der Waals surface area contributed by atoms with Crippen molar-refractivity contribution in [2.45, 2.75) is 43.4 Å². The van der Waals surface area contributed by atoms with Crippen molar-refractivity contribution in [1.82, 2.24) is 5.32 Å². The SMILES string of the molecule is CC(C(=O)NC(C)(C)C)S(=O)(=O)c1cccc(C(=O)O)c1. The smallest absolute Gasteiger partial charge is 0.335 e. The summed E-state index contributed by atoms with van der Waals surface area (Å²) >= 11 is 0. The lowest BCUT2D eigenvalue weighted by molar-refractivity contribution is -0.121. The fraction of sp³-hybridized carbons (Fsp3) is 0.429. The lowest BCUT2D eigenvalue weighted by Crippen LogP contribution is -2.47. The monoisotopic (exact) mass is 313 g/mol. The number of carbonyl (C=O) groups excluding carboxylic acids is 1. The number of carbonyl (C=O) groups is 2. The number of sulfone groups is 1. The third-order valence-electron chi connectivity index (χ3n) is 2.74. The van der Waals surface area contributed by atoms with Crippen LogP contribution in [-0.2, 0) is 14.6 Å². The lowest BCUT2D eigenvalue weighted by Gasteiger charge is -2.23. The summed E-state index contributed by atoms with van der Waals surface area (Å²) in [5, 5.41) is 10.2. The molecule has 0 saturated heterocycles. The topological polar surface area (TPSA) is 101 Å². The molecule has 116 valence electrons. The zero-order chi connectivity index (χ0) is 16.4. The molecule has 0 fully saturated rings. The van der Waals surface area contributed by atoms with E-state index in [-0.39, 0.29) is 10.5 Å². The predicted molar refractivity (Wildman–Crippen MR) is 77.9 cm³/mol. The van der Waals surface area contributed by atoms with Crippen LogP contribution in [0.1, 0.15) is 38.1 Å². The second kappa shape index (κ2) is 5.85. The molecule has 1 amide bonds. The molecular formula is C14H19NO5S. The minimum atomic E-state index is -3.94. The minimum Gasteiger partial charge on any atom is -0.478 e. The third-order valence-corrected chi connectivity index (χ3v) is 4.80. The number of aromatic carboxylic acids is 1. The maximum Gasteiger partial charge on any atom is 0.335 e. The number of carboxylic acid groups (broad SMARTS) is 1. The highest BCUT2D eigenvalue weighted by atomic mass is 32.2. The van der Waals surface area contributed by atoms with Crippen molar-refractivity contribution in [3.8, 4) is 0 Å². The summed E-state index contributed by atoms with van der Waals surface area (Å²) in [5.74, 6) is -1.85. The Morgan fingerprint density at radius 2 is 1.81 bits per heavy atom. The van der Waals surface area contributed by atoms with Gasteiger partial charge in [-0.05, 0) is 45.9 Å². The Kier molecular flexibility index (Phi) is 4.78. The average Bonchev–Trinajstić information content (AvgIpc) is 2.35. The molecule has 21 heavy (non-hydrogen) atoms. The number of hydrogen-bond acceptors (Lipinski definition) is 4. The molecule has 0 aromatic heterocycles. The molecule has 7 heteroatoms. The number of amides is 1. The van der Waals surface area contributed by atoms with Gasteiger partial charge in [0.05, 0.1) is 10.5 Å². The fourth-order valence-corrected chi connectivity index (χ4v) is 2.93. The maximum absolute atomic E-state index is 12.4. The molecule has 6 nitrogen and oxygen atoms in total. The van der Waals surface area contributed by atoms with Gasteiger partial charge in [-0.3, -0.25) is 4.79 Å². The van der Waals surface area contributed by atoms with Crippen molar-refractivity contribution >= 4 is 21.7 Å². The third kappa shape index (κ3) is 4.29. The Balaban J connectivity index is 3.13. The van der Waals surface area contributed by atoms with E-state index in [0.717, 1.165) is 6.07 Å². The van der Waals surface area contributed by atoms with E-state index in [0.29, 0.717) is 0 Å². The molecule has 1 unspecified atom stereocenters. The van der Waals surface area contributed by atoms with E-state index in [1.54, 1.807) is 20.8 Å². The molecule has 0 bridgehead atoms. The molecule has 0 saturated carbocycles. The largest absolute Gasteiger partial charge is 0.478 e. The van der Waals surface area contributed by atoms with Crippen LogP contribution < -0.4 is 5.32 Å². The van der Waals surface area contributed by atoms with Gasteiger partial charge >= 0.3 is 5.97 Å². The van der Waals surface area contributed by atoms with Crippen molar-refractivity contribution in [3.63, 3.8) is 0 Å². The number of benzene rings is 1. The van der Waals surface area contributed by atoms with E-state index in [4.69, 9.17) is 5.11 Å². The molecule has 1 aromatic rings. The highest BCUT2D eigenvalue weighted by Crippen LogP contribution is 2.18. The first-order valence-corrected chi connectivity index (χ1v) is 7.89. The second-order valence-corrected chi connectivity index (χ2v) is 8.03. The number of hydrogen-bond donors (Lipinski definition) is 2. The summed E-state index contributed by atoms with van der Waals surface area (Å²) in [6.45, 7) is 6.52. The predicted octanol–water partition coefficient (Wildman–Crippen LogP) is 1.46. The van der Waals surface area contributed by atoms with Gasteiger partial charge in [0.15, 0.2) is 9.84 Å². The van der Waals surface area contributed by atoms with Crippen molar-refractivity contribution < 1.29 is 23.1 Å². The van der Waals surface area contributed by atoms with Crippen LogP contribution in [0.15, 0.2) is 29.2 Å². The van der Waals surface area contributed by atoms with Crippen LogP contribution >= 0.6 is 0 Å². The Labute approximate surface area is 124 Å². The molecule has 0 aliphatic carbocycles. The second-order valence-electron chi connectivity index (χ2n) is 5.76. The molecule has 0 spiro atoms. The van der Waals surface area contributed by atoms with Gasteiger partial charge < -0.3 is 10.4 Å². The maximum atomic E-state index is 12.4. The van der Waals surface area contributed by atoms with E-state index < -0.39 is 32.5 Å². The van der Waals surface area contributed by atoms with Crippen molar-refractivity contribution in [2.24, 2.45) is 0 Å². The highest BCUT2D eigenvalue weighted by molar-refractivity contribution is 7.92. The zero-order valence-electron chi connectivity index (χ0n) is 12.4. The van der Waals surface area contributed by atoms with Gasteiger partial charge in [0, 0.05) is 5.54 Å². The molecule has 0 heterocycles. The van der Waals surface area contributed by atoms with Crippen LogP contribution in [0.5, 0.6) is 0 Å². The van der Waals surface area contributed by atoms with Crippen LogP contribution in [0.3, 0.4) is 0 Å². The fourth-order valence-electron chi connectivity index (χ4n) is 1.62. The molecule has 0 radical (unpaired) electrons. The Morgan fingerprint density at radius 3 is 2.29 bits per heavy atom. The van der Waals surface area contributed by atoms with Crippen molar-refractivity contribution in [2.75, 3.05) is 0 Å². The summed E-state index contributed by atoms with van der Waals surface area (Å²) in [7, 11) is -3.94. The average molecular weight is 313 g/mol. The summed E-state index contributed by atoms with van der Waals surface area (Å²) < 4.78 is 24.8. The van der Waals surface area contributed by atoms with Gasteiger partial charge in [-0.2, -0.15) is 0 Å². The Morgan fingerprint density at radius 1 is 1.24 bits per heavy atom. The quantitative estimate of drug-likeness (QED) is 0.876. The van der Waals surface area contributed by atoms with E-state index >= 15 is 0 Å². The molecular weight excluding hydrogens is 294 g/mol. The number of carboxylic acids is 1. The summed E-state index contributed by atoms with van der Waals surface area (Å²) in [4.78, 5) is 22.7. The lowest BCUT2D eigenvalue weighted by atomic mass is 10.1. The van der Waals surface area contributed by atoms with Gasteiger partial charge in [0.2, 0.25) is 5.91 Å². The highest BCUT2D eigenvalue weighted by Gasteiger charge is 2.32. The number of nitrogens with one attached hydrogen (secondary N) is 1. The van der Waals surface area contributed by atoms with E-state index in [9.17, 15) is 18.0 Å². The normalized spacial score (nSPS) is 13.5. The Hall–Kier alpha value is -1.89. The van der Waals surface area contributed by atoms with Crippen LogP contribution in [0.25, 0.3) is 0 Å². The first-order valence-electron chi connectivity index (χ1n) is 6.34.